The van der Waals surface area contributed by atoms with Gasteiger partial charge in [0.05, 0.1) is 17.6 Å². The molecule has 1 saturated heterocycles. The predicted octanol–water partition coefficient (Wildman–Crippen LogP) is 5.41. The minimum absolute atomic E-state index is 0.161. The quantitative estimate of drug-likeness (QED) is 0.628. The number of ether oxygens (including phenoxy) is 1. The van der Waals surface area contributed by atoms with Crippen molar-refractivity contribution in [2.75, 3.05) is 0 Å². The van der Waals surface area contributed by atoms with Crippen molar-refractivity contribution in [3.63, 3.8) is 0 Å². The fraction of sp³-hybridized carbons (Fsp3) is 0.273. The number of thioether (sulfide) groups is 1. The molecule has 0 aliphatic carbocycles. The molecule has 1 heterocycles. The average Bonchev–Trinajstić information content (AvgIpc) is 2.91. The second-order valence-corrected chi connectivity index (χ2v) is 7.66. The molecule has 0 N–H and O–H groups in total. The fourth-order valence-electron chi connectivity index (χ4n) is 2.74. The van der Waals surface area contributed by atoms with E-state index in [1.807, 2.05) is 62.4 Å². The first-order valence-corrected chi connectivity index (χ1v) is 9.85. The largest absolute Gasteiger partial charge is 0.491 e. The molecule has 0 aromatic heterocycles. The lowest BCUT2D eigenvalue weighted by Crippen LogP contribution is -2.27. The number of hydrogen-bond donors (Lipinski definition) is 0. The summed E-state index contributed by atoms with van der Waals surface area (Å²) >= 11 is 0.986. The van der Waals surface area contributed by atoms with Gasteiger partial charge in [0, 0.05) is 0 Å². The minimum atomic E-state index is -0.244. The monoisotopic (exact) mass is 381 g/mol. The zero-order chi connectivity index (χ0) is 19.4. The summed E-state index contributed by atoms with van der Waals surface area (Å²) in [6.45, 7) is 6.39. The van der Waals surface area contributed by atoms with E-state index >= 15 is 0 Å². The van der Waals surface area contributed by atoms with Crippen LogP contribution in [-0.4, -0.2) is 22.2 Å². The number of carbonyl (C=O) groups excluding carboxylic acids is 2. The van der Waals surface area contributed by atoms with Crippen LogP contribution in [0.3, 0.4) is 0 Å². The molecule has 1 unspecified atom stereocenters. The van der Waals surface area contributed by atoms with Gasteiger partial charge in [-0.1, -0.05) is 48.9 Å². The zero-order valence-corrected chi connectivity index (χ0v) is 16.6. The molecule has 1 atom stereocenters. The first-order valence-electron chi connectivity index (χ1n) is 9.04. The maximum atomic E-state index is 12.7. The van der Waals surface area contributed by atoms with Gasteiger partial charge in [-0.15, -0.1) is 0 Å². The Kier molecular flexibility index (Phi) is 6.01. The van der Waals surface area contributed by atoms with Crippen LogP contribution in [0.5, 0.6) is 5.75 Å². The van der Waals surface area contributed by atoms with Crippen molar-refractivity contribution in [3.8, 4) is 5.75 Å². The van der Waals surface area contributed by atoms with Crippen LogP contribution in [0.25, 0.3) is 6.08 Å². The Morgan fingerprint density at radius 1 is 1.15 bits per heavy atom. The lowest BCUT2D eigenvalue weighted by atomic mass is 10.1. The number of rotatable bonds is 6. The van der Waals surface area contributed by atoms with Gasteiger partial charge in [-0.3, -0.25) is 14.5 Å². The molecule has 2 aromatic carbocycles. The van der Waals surface area contributed by atoms with Gasteiger partial charge in [0.15, 0.2) is 0 Å². The van der Waals surface area contributed by atoms with Crippen molar-refractivity contribution >= 4 is 29.0 Å². The predicted molar refractivity (Wildman–Crippen MR) is 110 cm³/mol. The molecule has 4 nitrogen and oxygen atoms in total. The molecule has 1 fully saturated rings. The number of amides is 2. The maximum Gasteiger partial charge on any atom is 0.293 e. The molecule has 140 valence electrons. The summed E-state index contributed by atoms with van der Waals surface area (Å²) in [5.41, 5.74) is 2.92. The van der Waals surface area contributed by atoms with E-state index in [0.717, 1.165) is 40.6 Å². The van der Waals surface area contributed by atoms with Gasteiger partial charge in [0.2, 0.25) is 0 Å². The van der Waals surface area contributed by atoms with E-state index in [1.165, 1.54) is 4.90 Å². The molecule has 27 heavy (non-hydrogen) atoms. The van der Waals surface area contributed by atoms with Crippen LogP contribution in [0.2, 0.25) is 0 Å². The number of aryl methyl sites for hydroxylation is 1. The van der Waals surface area contributed by atoms with Crippen LogP contribution in [-0.2, 0) is 11.3 Å². The lowest BCUT2D eigenvalue weighted by molar-refractivity contribution is -0.123. The van der Waals surface area contributed by atoms with E-state index in [9.17, 15) is 9.59 Å². The third-order valence-corrected chi connectivity index (χ3v) is 5.29. The van der Waals surface area contributed by atoms with Crippen molar-refractivity contribution in [2.24, 2.45) is 0 Å². The molecule has 1 aliphatic heterocycles. The van der Waals surface area contributed by atoms with Crippen LogP contribution in [0.15, 0.2) is 53.4 Å². The number of imide groups is 1. The van der Waals surface area contributed by atoms with Crippen LogP contribution in [0, 0.1) is 6.92 Å². The summed E-state index contributed by atoms with van der Waals surface area (Å²) in [4.78, 5) is 26.7. The average molecular weight is 381 g/mol. The standard InChI is InChI=1S/C22H23NO3S/c1-4-16(3)26-19-10-8-17(9-11-19)13-20-21(24)23(22(25)27-20)14-18-7-5-6-15(2)12-18/h5-13,16H,4,14H2,1-3H3/b20-13-. The first-order chi connectivity index (χ1) is 13.0. The topological polar surface area (TPSA) is 46.6 Å². The Hall–Kier alpha value is -2.53. The van der Waals surface area contributed by atoms with Crippen LogP contribution in [0.1, 0.15) is 37.0 Å². The highest BCUT2D eigenvalue weighted by atomic mass is 32.2. The molecule has 0 radical (unpaired) electrons. The number of benzene rings is 2. The van der Waals surface area contributed by atoms with Gasteiger partial charge in [0.1, 0.15) is 5.75 Å². The molecular weight excluding hydrogens is 358 g/mol. The van der Waals surface area contributed by atoms with Gasteiger partial charge in [0.25, 0.3) is 11.1 Å². The summed E-state index contributed by atoms with van der Waals surface area (Å²) in [6, 6.07) is 15.4. The van der Waals surface area contributed by atoms with Crippen LogP contribution >= 0.6 is 11.8 Å². The highest BCUT2D eigenvalue weighted by Crippen LogP contribution is 2.33. The van der Waals surface area contributed by atoms with Crippen LogP contribution in [0.4, 0.5) is 4.79 Å². The van der Waals surface area contributed by atoms with Gasteiger partial charge < -0.3 is 4.74 Å². The first kappa shape index (κ1) is 19.2. The SMILES string of the molecule is CCC(C)Oc1ccc(/C=C2\SC(=O)N(Cc3cccc(C)c3)C2=O)cc1. The van der Waals surface area contributed by atoms with E-state index < -0.39 is 0 Å². The fourth-order valence-corrected chi connectivity index (χ4v) is 3.58. The van der Waals surface area contributed by atoms with E-state index in [2.05, 4.69) is 6.92 Å². The summed E-state index contributed by atoms with van der Waals surface area (Å²) in [6.07, 6.45) is 2.86. The second kappa shape index (κ2) is 8.44. The molecule has 5 heteroatoms. The summed E-state index contributed by atoms with van der Waals surface area (Å²) < 4.78 is 5.76. The summed E-state index contributed by atoms with van der Waals surface area (Å²) in [5.74, 6) is 0.556. The molecule has 2 aromatic rings. The Bertz CT molecular complexity index is 873. The molecule has 0 bridgehead atoms. The third-order valence-electron chi connectivity index (χ3n) is 4.39. The minimum Gasteiger partial charge on any atom is -0.491 e. The van der Waals surface area contributed by atoms with E-state index in [1.54, 1.807) is 6.08 Å². The summed E-state index contributed by atoms with van der Waals surface area (Å²) in [5, 5.41) is -0.232. The van der Waals surface area contributed by atoms with Crippen molar-refractivity contribution < 1.29 is 14.3 Å². The number of nitrogens with zero attached hydrogens (tertiary/aromatic N) is 1. The summed E-state index contributed by atoms with van der Waals surface area (Å²) in [7, 11) is 0. The van der Waals surface area contributed by atoms with E-state index in [4.69, 9.17) is 4.74 Å². The lowest BCUT2D eigenvalue weighted by Gasteiger charge is -2.13. The van der Waals surface area contributed by atoms with E-state index in [0.29, 0.717) is 11.4 Å². The number of carbonyl (C=O) groups is 2. The molecule has 1 aliphatic rings. The normalized spacial score (nSPS) is 16.9. The van der Waals surface area contributed by atoms with Crippen LogP contribution < -0.4 is 4.74 Å². The van der Waals surface area contributed by atoms with Gasteiger partial charge in [-0.05, 0) is 61.4 Å². The van der Waals surface area contributed by atoms with Crippen molar-refractivity contribution in [2.45, 2.75) is 39.8 Å². The van der Waals surface area contributed by atoms with Gasteiger partial charge >= 0.3 is 0 Å². The smallest absolute Gasteiger partial charge is 0.293 e. The van der Waals surface area contributed by atoms with Crippen molar-refractivity contribution in [1.29, 1.82) is 0 Å². The Balaban J connectivity index is 1.72. The second-order valence-electron chi connectivity index (χ2n) is 6.66. The Morgan fingerprint density at radius 3 is 2.56 bits per heavy atom. The highest BCUT2D eigenvalue weighted by Gasteiger charge is 2.34. The number of hydrogen-bond acceptors (Lipinski definition) is 4. The zero-order valence-electron chi connectivity index (χ0n) is 15.8. The molecule has 0 spiro atoms. The molecule has 3 rings (SSSR count). The highest BCUT2D eigenvalue weighted by molar-refractivity contribution is 8.18. The third kappa shape index (κ3) is 4.80. The maximum absolute atomic E-state index is 12.7. The molecule has 2 amide bonds. The Morgan fingerprint density at radius 2 is 1.89 bits per heavy atom. The van der Waals surface area contributed by atoms with Crippen molar-refractivity contribution in [3.05, 3.63) is 70.1 Å². The van der Waals surface area contributed by atoms with Gasteiger partial charge in [-0.2, -0.15) is 0 Å². The van der Waals surface area contributed by atoms with Crippen molar-refractivity contribution in [1.82, 2.24) is 4.90 Å². The van der Waals surface area contributed by atoms with E-state index in [-0.39, 0.29) is 17.3 Å². The molecular formula is C22H23NO3S. The van der Waals surface area contributed by atoms with Gasteiger partial charge in [-0.25, -0.2) is 0 Å². The Labute approximate surface area is 164 Å². The molecule has 0 saturated carbocycles.